The fraction of sp³-hybridized carbons (Fsp3) is 0.286. The maximum atomic E-state index is 13.1. The van der Waals surface area contributed by atoms with E-state index in [4.69, 9.17) is 0 Å². The molecule has 3 rings (SSSR count). The van der Waals surface area contributed by atoms with Crippen molar-refractivity contribution < 1.29 is 18.8 Å². The third kappa shape index (κ3) is 4.73. The number of carbonyl (C=O) groups excluding carboxylic acids is 3. The third-order valence-electron chi connectivity index (χ3n) is 4.59. The average molecular weight is 383 g/mol. The molecule has 146 valence electrons. The van der Waals surface area contributed by atoms with Gasteiger partial charge in [-0.25, -0.2) is 4.39 Å². The number of nitrogens with zero attached hydrogens (tertiary/aromatic N) is 2. The molecule has 1 heterocycles. The monoisotopic (exact) mass is 383 g/mol. The molecule has 3 amide bonds. The summed E-state index contributed by atoms with van der Waals surface area (Å²) in [4.78, 5) is 40.1. The molecule has 2 aromatic carbocycles. The highest BCUT2D eigenvalue weighted by atomic mass is 19.1. The first kappa shape index (κ1) is 19.5. The molecule has 0 saturated carbocycles. The second kappa shape index (κ2) is 8.65. The highest BCUT2D eigenvalue weighted by Crippen LogP contribution is 2.16. The van der Waals surface area contributed by atoms with Gasteiger partial charge in [0.15, 0.2) is 0 Å². The molecule has 7 heteroatoms. The molecular formula is C21H22FN3O3. The molecule has 1 aliphatic heterocycles. The van der Waals surface area contributed by atoms with E-state index in [9.17, 15) is 18.8 Å². The molecule has 0 bridgehead atoms. The van der Waals surface area contributed by atoms with Crippen LogP contribution in [0, 0.1) is 5.82 Å². The lowest BCUT2D eigenvalue weighted by molar-refractivity contribution is -0.114. The van der Waals surface area contributed by atoms with E-state index in [1.54, 1.807) is 34.1 Å². The van der Waals surface area contributed by atoms with Gasteiger partial charge in [0.25, 0.3) is 11.8 Å². The Bertz CT molecular complexity index is 883. The predicted molar refractivity (Wildman–Crippen MR) is 104 cm³/mol. The average Bonchev–Trinajstić information content (AvgIpc) is 2.93. The Balaban J connectivity index is 1.66. The lowest BCUT2D eigenvalue weighted by Gasteiger charge is -2.22. The quantitative estimate of drug-likeness (QED) is 0.886. The van der Waals surface area contributed by atoms with E-state index >= 15 is 0 Å². The number of hydrogen-bond donors (Lipinski definition) is 1. The van der Waals surface area contributed by atoms with Crippen molar-refractivity contribution in [1.82, 2.24) is 9.80 Å². The summed E-state index contributed by atoms with van der Waals surface area (Å²) in [6, 6.07) is 12.3. The number of amides is 3. The zero-order chi connectivity index (χ0) is 20.1. The van der Waals surface area contributed by atoms with Crippen LogP contribution in [0.4, 0.5) is 10.1 Å². The molecule has 28 heavy (non-hydrogen) atoms. The summed E-state index contributed by atoms with van der Waals surface area (Å²) in [5.74, 6) is -0.884. The highest BCUT2D eigenvalue weighted by molar-refractivity contribution is 5.97. The van der Waals surface area contributed by atoms with Crippen molar-refractivity contribution in [3.05, 3.63) is 65.5 Å². The summed E-state index contributed by atoms with van der Waals surface area (Å²) in [6.07, 6.45) is 0.657. The van der Waals surface area contributed by atoms with Crippen molar-refractivity contribution in [2.75, 3.05) is 31.5 Å². The summed E-state index contributed by atoms with van der Waals surface area (Å²) < 4.78 is 13.1. The molecule has 6 nitrogen and oxygen atoms in total. The van der Waals surface area contributed by atoms with Gasteiger partial charge in [0.05, 0.1) is 0 Å². The number of benzene rings is 2. The van der Waals surface area contributed by atoms with Gasteiger partial charge in [-0.2, -0.15) is 0 Å². The van der Waals surface area contributed by atoms with Crippen LogP contribution in [0.3, 0.4) is 0 Å². The summed E-state index contributed by atoms with van der Waals surface area (Å²) >= 11 is 0. The Hall–Kier alpha value is -3.22. The zero-order valence-corrected chi connectivity index (χ0v) is 15.7. The summed E-state index contributed by atoms with van der Waals surface area (Å²) in [5.41, 5.74) is 1.50. The second-order valence-electron chi connectivity index (χ2n) is 6.71. The van der Waals surface area contributed by atoms with E-state index in [0.717, 1.165) is 0 Å². The van der Waals surface area contributed by atoms with Gasteiger partial charge in [0.2, 0.25) is 5.91 Å². The van der Waals surface area contributed by atoms with E-state index in [2.05, 4.69) is 5.32 Å². The normalized spacial score (nSPS) is 14.4. The summed E-state index contributed by atoms with van der Waals surface area (Å²) in [5, 5.41) is 2.67. The van der Waals surface area contributed by atoms with E-state index in [1.165, 1.54) is 31.2 Å². The number of nitrogens with one attached hydrogen (secondary N) is 1. The van der Waals surface area contributed by atoms with Gasteiger partial charge in [-0.1, -0.05) is 6.07 Å². The molecule has 2 aromatic rings. The fourth-order valence-corrected chi connectivity index (χ4v) is 3.21. The van der Waals surface area contributed by atoms with Crippen LogP contribution in [-0.2, 0) is 4.79 Å². The second-order valence-corrected chi connectivity index (χ2v) is 6.71. The van der Waals surface area contributed by atoms with Crippen LogP contribution in [0.1, 0.15) is 34.1 Å². The first-order valence-corrected chi connectivity index (χ1v) is 9.16. The number of anilines is 1. The Morgan fingerprint density at radius 1 is 0.857 bits per heavy atom. The Kier molecular flexibility index (Phi) is 6.03. The van der Waals surface area contributed by atoms with Gasteiger partial charge in [-0.05, 0) is 48.9 Å². The SMILES string of the molecule is CC(=O)Nc1cccc(C(=O)N2CCCN(C(=O)c3ccc(F)cc3)CC2)c1. The molecule has 1 fully saturated rings. The van der Waals surface area contributed by atoms with Gasteiger partial charge in [-0.15, -0.1) is 0 Å². The molecule has 1 aliphatic rings. The minimum atomic E-state index is -0.384. The molecule has 0 radical (unpaired) electrons. The molecular weight excluding hydrogens is 361 g/mol. The van der Waals surface area contributed by atoms with Crippen molar-refractivity contribution in [2.45, 2.75) is 13.3 Å². The van der Waals surface area contributed by atoms with E-state index in [0.29, 0.717) is 49.4 Å². The minimum Gasteiger partial charge on any atom is -0.337 e. The Morgan fingerprint density at radius 2 is 1.46 bits per heavy atom. The van der Waals surface area contributed by atoms with Crippen molar-refractivity contribution in [1.29, 1.82) is 0 Å². The fourth-order valence-electron chi connectivity index (χ4n) is 3.21. The number of carbonyl (C=O) groups is 3. The molecule has 0 unspecified atom stereocenters. The van der Waals surface area contributed by atoms with Crippen LogP contribution in [0.15, 0.2) is 48.5 Å². The maximum Gasteiger partial charge on any atom is 0.253 e. The molecule has 1 saturated heterocycles. The minimum absolute atomic E-state index is 0.136. The zero-order valence-electron chi connectivity index (χ0n) is 15.7. The highest BCUT2D eigenvalue weighted by Gasteiger charge is 2.23. The third-order valence-corrected chi connectivity index (χ3v) is 4.59. The molecule has 0 aromatic heterocycles. The van der Waals surface area contributed by atoms with Crippen molar-refractivity contribution in [2.24, 2.45) is 0 Å². The summed E-state index contributed by atoms with van der Waals surface area (Å²) in [7, 11) is 0. The molecule has 1 N–H and O–H groups in total. The van der Waals surface area contributed by atoms with Crippen LogP contribution < -0.4 is 5.32 Å². The van der Waals surface area contributed by atoms with Crippen LogP contribution >= 0.6 is 0 Å². The lowest BCUT2D eigenvalue weighted by Crippen LogP contribution is -2.37. The molecule has 0 atom stereocenters. The van der Waals surface area contributed by atoms with Crippen LogP contribution in [0.25, 0.3) is 0 Å². The first-order chi connectivity index (χ1) is 13.4. The number of rotatable bonds is 3. The van der Waals surface area contributed by atoms with Gasteiger partial charge in [0.1, 0.15) is 5.82 Å². The molecule has 0 aliphatic carbocycles. The number of halogens is 1. The van der Waals surface area contributed by atoms with Crippen molar-refractivity contribution in [3.8, 4) is 0 Å². The largest absolute Gasteiger partial charge is 0.337 e. The van der Waals surface area contributed by atoms with Crippen molar-refractivity contribution in [3.63, 3.8) is 0 Å². The van der Waals surface area contributed by atoms with Crippen molar-refractivity contribution >= 4 is 23.4 Å². The summed E-state index contributed by atoms with van der Waals surface area (Å²) in [6.45, 7) is 3.31. The topological polar surface area (TPSA) is 69.7 Å². The van der Waals surface area contributed by atoms with Gasteiger partial charge >= 0.3 is 0 Å². The Morgan fingerprint density at radius 3 is 2.07 bits per heavy atom. The lowest BCUT2D eigenvalue weighted by atomic mass is 10.1. The van der Waals surface area contributed by atoms with Crippen LogP contribution in [-0.4, -0.2) is 53.7 Å². The van der Waals surface area contributed by atoms with Gasteiger partial charge in [-0.3, -0.25) is 14.4 Å². The predicted octanol–water partition coefficient (Wildman–Crippen LogP) is 2.77. The smallest absolute Gasteiger partial charge is 0.253 e. The first-order valence-electron chi connectivity index (χ1n) is 9.16. The standard InChI is InChI=1S/C21H22FN3O3/c1-15(26)23-19-5-2-4-17(14-19)21(28)25-11-3-10-24(12-13-25)20(27)16-6-8-18(22)9-7-16/h2,4-9,14H,3,10-13H2,1H3,(H,23,26). The Labute approximate surface area is 162 Å². The number of hydrogen-bond acceptors (Lipinski definition) is 3. The van der Waals surface area contributed by atoms with E-state index in [-0.39, 0.29) is 23.5 Å². The maximum absolute atomic E-state index is 13.1. The van der Waals surface area contributed by atoms with Crippen LogP contribution in [0.5, 0.6) is 0 Å². The van der Waals surface area contributed by atoms with Crippen LogP contribution in [0.2, 0.25) is 0 Å². The van der Waals surface area contributed by atoms with Gasteiger partial charge in [0, 0.05) is 49.9 Å². The molecule has 0 spiro atoms. The van der Waals surface area contributed by atoms with E-state index < -0.39 is 0 Å². The van der Waals surface area contributed by atoms with E-state index in [1.807, 2.05) is 0 Å². The van der Waals surface area contributed by atoms with Gasteiger partial charge < -0.3 is 15.1 Å².